The van der Waals surface area contributed by atoms with Gasteiger partial charge >= 0.3 is 0 Å². The fourth-order valence-corrected chi connectivity index (χ4v) is 2.79. The number of ether oxygens (including phenoxy) is 2. The van der Waals surface area contributed by atoms with Crippen molar-refractivity contribution in [3.05, 3.63) is 30.3 Å². The maximum Gasteiger partial charge on any atom is 0.119 e. The standard InChI is InChI=1S/C17H23NO2/c1-2-14-8-9-15(13-18)17(12-14)20-11-10-19-16-6-4-3-5-7-16/h3-7,14-15,17H,2,8-12H2,1H3. The van der Waals surface area contributed by atoms with Crippen molar-refractivity contribution >= 4 is 0 Å². The van der Waals surface area contributed by atoms with Crippen LogP contribution in [0.25, 0.3) is 0 Å². The number of hydrogen-bond acceptors (Lipinski definition) is 3. The normalized spacial score (nSPS) is 25.9. The summed E-state index contributed by atoms with van der Waals surface area (Å²) >= 11 is 0. The first kappa shape index (κ1) is 14.9. The lowest BCUT2D eigenvalue weighted by molar-refractivity contribution is -0.0209. The topological polar surface area (TPSA) is 42.2 Å². The molecule has 0 N–H and O–H groups in total. The molecule has 0 spiro atoms. The van der Waals surface area contributed by atoms with Gasteiger partial charge in [0.25, 0.3) is 0 Å². The van der Waals surface area contributed by atoms with Gasteiger partial charge in [-0.1, -0.05) is 31.5 Å². The summed E-state index contributed by atoms with van der Waals surface area (Å²) in [5.74, 6) is 1.62. The summed E-state index contributed by atoms with van der Waals surface area (Å²) in [5, 5.41) is 9.19. The molecule has 3 unspecified atom stereocenters. The summed E-state index contributed by atoms with van der Waals surface area (Å²) < 4.78 is 11.5. The summed E-state index contributed by atoms with van der Waals surface area (Å²) in [5.41, 5.74) is 0. The lowest BCUT2D eigenvalue weighted by atomic mass is 9.79. The summed E-state index contributed by atoms with van der Waals surface area (Å²) in [6.07, 6.45) is 4.41. The Morgan fingerprint density at radius 3 is 2.70 bits per heavy atom. The van der Waals surface area contributed by atoms with Gasteiger partial charge in [-0.15, -0.1) is 0 Å². The predicted molar refractivity (Wildman–Crippen MR) is 78.4 cm³/mol. The first-order valence-electron chi connectivity index (χ1n) is 7.52. The fraction of sp³-hybridized carbons (Fsp3) is 0.588. The van der Waals surface area contributed by atoms with E-state index in [0.29, 0.717) is 19.1 Å². The van der Waals surface area contributed by atoms with Crippen molar-refractivity contribution in [2.24, 2.45) is 11.8 Å². The Kier molecular flexibility index (Phi) is 5.88. The van der Waals surface area contributed by atoms with Crippen molar-refractivity contribution in [2.45, 2.75) is 38.7 Å². The summed E-state index contributed by atoms with van der Waals surface area (Å²) in [6, 6.07) is 12.1. The van der Waals surface area contributed by atoms with E-state index in [1.54, 1.807) is 0 Å². The number of hydrogen-bond donors (Lipinski definition) is 0. The maximum atomic E-state index is 9.19. The van der Waals surface area contributed by atoms with Crippen LogP contribution in [0.1, 0.15) is 32.6 Å². The van der Waals surface area contributed by atoms with Crippen LogP contribution in [0.3, 0.4) is 0 Å². The first-order chi connectivity index (χ1) is 9.83. The summed E-state index contributed by atoms with van der Waals surface area (Å²) in [4.78, 5) is 0. The summed E-state index contributed by atoms with van der Waals surface area (Å²) in [6.45, 7) is 3.30. The molecule has 1 aliphatic carbocycles. The Bertz CT molecular complexity index is 426. The zero-order chi connectivity index (χ0) is 14.2. The van der Waals surface area contributed by atoms with Gasteiger partial charge in [0, 0.05) is 0 Å². The van der Waals surface area contributed by atoms with Gasteiger partial charge in [-0.2, -0.15) is 5.26 Å². The molecule has 1 aliphatic rings. The Morgan fingerprint density at radius 1 is 1.20 bits per heavy atom. The highest BCUT2D eigenvalue weighted by Gasteiger charge is 2.30. The molecule has 3 nitrogen and oxygen atoms in total. The molecule has 108 valence electrons. The molecule has 0 amide bonds. The molecule has 0 bridgehead atoms. The molecule has 2 rings (SSSR count). The van der Waals surface area contributed by atoms with Crippen molar-refractivity contribution in [3.8, 4) is 11.8 Å². The highest BCUT2D eigenvalue weighted by molar-refractivity contribution is 5.20. The lowest BCUT2D eigenvalue weighted by Crippen LogP contribution is -2.32. The van der Waals surface area contributed by atoms with Crippen molar-refractivity contribution in [3.63, 3.8) is 0 Å². The highest BCUT2D eigenvalue weighted by atomic mass is 16.5. The van der Waals surface area contributed by atoms with Gasteiger partial charge in [-0.05, 0) is 37.3 Å². The van der Waals surface area contributed by atoms with E-state index < -0.39 is 0 Å². The minimum atomic E-state index is 0.0505. The van der Waals surface area contributed by atoms with Gasteiger partial charge in [-0.25, -0.2) is 0 Å². The van der Waals surface area contributed by atoms with Crippen LogP contribution >= 0.6 is 0 Å². The smallest absolute Gasteiger partial charge is 0.119 e. The average Bonchev–Trinajstić information content (AvgIpc) is 2.52. The van der Waals surface area contributed by atoms with Crippen molar-refractivity contribution in [1.82, 2.24) is 0 Å². The molecule has 3 atom stereocenters. The Morgan fingerprint density at radius 2 is 2.00 bits per heavy atom. The van der Waals surface area contributed by atoms with Crippen molar-refractivity contribution < 1.29 is 9.47 Å². The van der Waals surface area contributed by atoms with Gasteiger partial charge < -0.3 is 9.47 Å². The second kappa shape index (κ2) is 7.91. The Balaban J connectivity index is 1.73. The second-order valence-corrected chi connectivity index (χ2v) is 5.39. The number of para-hydroxylation sites is 1. The van der Waals surface area contributed by atoms with Gasteiger partial charge in [0.15, 0.2) is 0 Å². The summed E-state index contributed by atoms with van der Waals surface area (Å²) in [7, 11) is 0. The van der Waals surface area contributed by atoms with Crippen LogP contribution in [0.4, 0.5) is 0 Å². The molecule has 0 radical (unpaired) electrons. The molecule has 1 fully saturated rings. The van der Waals surface area contributed by atoms with Crippen LogP contribution in [0, 0.1) is 23.2 Å². The lowest BCUT2D eigenvalue weighted by Gasteiger charge is -2.32. The minimum Gasteiger partial charge on any atom is -0.491 e. The Hall–Kier alpha value is -1.53. The van der Waals surface area contributed by atoms with E-state index in [1.807, 2.05) is 30.3 Å². The molecule has 1 aromatic carbocycles. The number of nitriles is 1. The van der Waals surface area contributed by atoms with E-state index in [1.165, 1.54) is 6.42 Å². The fourth-order valence-electron chi connectivity index (χ4n) is 2.79. The van der Waals surface area contributed by atoms with Crippen molar-refractivity contribution in [1.29, 1.82) is 5.26 Å². The quantitative estimate of drug-likeness (QED) is 0.740. The molecule has 20 heavy (non-hydrogen) atoms. The van der Waals surface area contributed by atoms with Crippen LogP contribution in [0.15, 0.2) is 30.3 Å². The van der Waals surface area contributed by atoms with E-state index >= 15 is 0 Å². The Labute approximate surface area is 121 Å². The highest BCUT2D eigenvalue weighted by Crippen LogP contribution is 2.32. The molecule has 0 heterocycles. The predicted octanol–water partition coefficient (Wildman–Crippen LogP) is 3.80. The molecule has 0 saturated heterocycles. The molecule has 3 heteroatoms. The molecule has 0 aromatic heterocycles. The SMILES string of the molecule is CCC1CCC(C#N)C(OCCOc2ccccc2)C1. The molecule has 0 aliphatic heterocycles. The van der Waals surface area contributed by atoms with Crippen LogP contribution in [0.2, 0.25) is 0 Å². The third-order valence-corrected chi connectivity index (χ3v) is 4.07. The van der Waals surface area contributed by atoms with Gasteiger partial charge in [-0.3, -0.25) is 0 Å². The number of benzene rings is 1. The van der Waals surface area contributed by atoms with Gasteiger partial charge in [0.05, 0.1) is 24.7 Å². The third-order valence-electron chi connectivity index (χ3n) is 4.07. The van der Waals surface area contributed by atoms with Gasteiger partial charge in [0.2, 0.25) is 0 Å². The van der Waals surface area contributed by atoms with E-state index in [9.17, 15) is 5.26 Å². The molecular weight excluding hydrogens is 250 g/mol. The zero-order valence-electron chi connectivity index (χ0n) is 12.1. The monoisotopic (exact) mass is 273 g/mol. The maximum absolute atomic E-state index is 9.19. The van der Waals surface area contributed by atoms with E-state index in [-0.39, 0.29) is 12.0 Å². The largest absolute Gasteiger partial charge is 0.491 e. The third kappa shape index (κ3) is 4.25. The van der Waals surface area contributed by atoms with Crippen LogP contribution < -0.4 is 4.74 Å². The van der Waals surface area contributed by atoms with E-state index in [0.717, 1.165) is 25.0 Å². The average molecular weight is 273 g/mol. The van der Waals surface area contributed by atoms with Crippen LogP contribution in [-0.4, -0.2) is 19.3 Å². The van der Waals surface area contributed by atoms with Crippen LogP contribution in [-0.2, 0) is 4.74 Å². The van der Waals surface area contributed by atoms with Gasteiger partial charge in [0.1, 0.15) is 12.4 Å². The molecule has 1 saturated carbocycles. The number of nitrogens with zero attached hydrogens (tertiary/aromatic N) is 1. The first-order valence-corrected chi connectivity index (χ1v) is 7.52. The van der Waals surface area contributed by atoms with E-state index in [2.05, 4.69) is 13.0 Å². The zero-order valence-corrected chi connectivity index (χ0v) is 12.1. The molecule has 1 aromatic rings. The second-order valence-electron chi connectivity index (χ2n) is 5.39. The minimum absolute atomic E-state index is 0.0505. The van der Waals surface area contributed by atoms with Crippen LogP contribution in [0.5, 0.6) is 5.75 Å². The van der Waals surface area contributed by atoms with Crippen molar-refractivity contribution in [2.75, 3.05) is 13.2 Å². The number of rotatable bonds is 6. The molecular formula is C17H23NO2. The van der Waals surface area contributed by atoms with E-state index in [4.69, 9.17) is 9.47 Å².